The summed E-state index contributed by atoms with van der Waals surface area (Å²) in [5.41, 5.74) is 0.958. The molecule has 3 rings (SSSR count). The molecule has 1 aromatic carbocycles. The molecule has 1 aliphatic rings. The van der Waals surface area contributed by atoms with E-state index in [4.69, 9.17) is 4.74 Å². The SMILES string of the molecule is O=C(Nc1ccnn1C1CNC1)OCc1ccccc1. The molecule has 1 aliphatic heterocycles. The minimum Gasteiger partial charge on any atom is -0.444 e. The van der Waals surface area contributed by atoms with Crippen LogP contribution in [0.25, 0.3) is 0 Å². The van der Waals surface area contributed by atoms with Crippen LogP contribution in [0.3, 0.4) is 0 Å². The van der Waals surface area contributed by atoms with E-state index in [9.17, 15) is 4.79 Å². The van der Waals surface area contributed by atoms with Crippen LogP contribution in [0, 0.1) is 0 Å². The minimum atomic E-state index is -0.470. The first kappa shape index (κ1) is 12.7. The van der Waals surface area contributed by atoms with Crippen molar-refractivity contribution in [2.75, 3.05) is 18.4 Å². The highest BCUT2D eigenvalue weighted by molar-refractivity contribution is 5.83. The molecule has 2 N–H and O–H groups in total. The number of aromatic nitrogens is 2. The van der Waals surface area contributed by atoms with Crippen molar-refractivity contribution in [3.05, 3.63) is 48.2 Å². The van der Waals surface area contributed by atoms with E-state index >= 15 is 0 Å². The Hall–Kier alpha value is -2.34. The zero-order valence-corrected chi connectivity index (χ0v) is 11.0. The van der Waals surface area contributed by atoms with E-state index in [0.29, 0.717) is 11.9 Å². The van der Waals surface area contributed by atoms with Crippen LogP contribution in [-0.4, -0.2) is 29.0 Å². The Balaban J connectivity index is 1.55. The van der Waals surface area contributed by atoms with Crippen molar-refractivity contribution in [1.29, 1.82) is 0 Å². The molecule has 0 radical (unpaired) electrons. The second-order valence-electron chi connectivity index (χ2n) is 4.66. The van der Waals surface area contributed by atoms with Crippen molar-refractivity contribution in [2.24, 2.45) is 0 Å². The van der Waals surface area contributed by atoms with Gasteiger partial charge in [-0.15, -0.1) is 0 Å². The van der Waals surface area contributed by atoms with E-state index in [2.05, 4.69) is 15.7 Å². The van der Waals surface area contributed by atoms with Gasteiger partial charge in [-0.2, -0.15) is 5.10 Å². The zero-order valence-electron chi connectivity index (χ0n) is 11.0. The van der Waals surface area contributed by atoms with Gasteiger partial charge in [-0.25, -0.2) is 9.48 Å². The highest BCUT2D eigenvalue weighted by Gasteiger charge is 2.22. The summed E-state index contributed by atoms with van der Waals surface area (Å²) in [6.07, 6.45) is 1.20. The van der Waals surface area contributed by atoms with Gasteiger partial charge in [0.15, 0.2) is 0 Å². The molecule has 0 spiro atoms. The van der Waals surface area contributed by atoms with Crippen LogP contribution in [0.4, 0.5) is 10.6 Å². The molecule has 6 heteroatoms. The highest BCUT2D eigenvalue weighted by atomic mass is 16.5. The summed E-state index contributed by atoms with van der Waals surface area (Å²) in [5, 5.41) is 10.1. The number of hydrogen-bond donors (Lipinski definition) is 2. The number of nitrogens with zero attached hydrogens (tertiary/aromatic N) is 2. The van der Waals surface area contributed by atoms with Crippen molar-refractivity contribution in [3.63, 3.8) is 0 Å². The smallest absolute Gasteiger partial charge is 0.413 e. The van der Waals surface area contributed by atoms with Gasteiger partial charge in [-0.05, 0) is 5.56 Å². The molecule has 1 amide bonds. The molecule has 1 aromatic heterocycles. The summed E-state index contributed by atoms with van der Waals surface area (Å²) >= 11 is 0. The van der Waals surface area contributed by atoms with Crippen molar-refractivity contribution >= 4 is 11.9 Å². The van der Waals surface area contributed by atoms with Crippen molar-refractivity contribution in [1.82, 2.24) is 15.1 Å². The molecule has 0 saturated carbocycles. The van der Waals surface area contributed by atoms with Crippen LogP contribution < -0.4 is 10.6 Å². The molecule has 0 atom stereocenters. The fourth-order valence-electron chi connectivity index (χ4n) is 2.01. The van der Waals surface area contributed by atoms with E-state index in [1.54, 1.807) is 16.9 Å². The molecule has 6 nitrogen and oxygen atoms in total. The third kappa shape index (κ3) is 2.80. The maximum absolute atomic E-state index is 11.8. The summed E-state index contributed by atoms with van der Waals surface area (Å²) in [7, 11) is 0. The predicted molar refractivity (Wildman–Crippen MR) is 74.4 cm³/mol. The topological polar surface area (TPSA) is 68.2 Å². The van der Waals surface area contributed by atoms with E-state index < -0.39 is 6.09 Å². The summed E-state index contributed by atoms with van der Waals surface area (Å²) in [6, 6.07) is 11.6. The maximum Gasteiger partial charge on any atom is 0.413 e. The summed E-state index contributed by atoms with van der Waals surface area (Å²) in [4.78, 5) is 11.8. The minimum absolute atomic E-state index is 0.256. The van der Waals surface area contributed by atoms with Gasteiger partial charge in [0.2, 0.25) is 0 Å². The Kier molecular flexibility index (Phi) is 3.64. The lowest BCUT2D eigenvalue weighted by Gasteiger charge is -2.28. The van der Waals surface area contributed by atoms with Gasteiger partial charge >= 0.3 is 6.09 Å². The normalized spacial score (nSPS) is 14.6. The quantitative estimate of drug-likeness (QED) is 0.890. The van der Waals surface area contributed by atoms with Crippen LogP contribution in [0.15, 0.2) is 42.6 Å². The average Bonchev–Trinajstić information content (AvgIpc) is 2.84. The van der Waals surface area contributed by atoms with E-state index in [1.807, 2.05) is 30.3 Å². The number of benzene rings is 1. The molecule has 1 saturated heterocycles. The van der Waals surface area contributed by atoms with Crippen LogP contribution in [-0.2, 0) is 11.3 Å². The third-order valence-electron chi connectivity index (χ3n) is 3.22. The molecule has 2 aromatic rings. The first-order valence-corrected chi connectivity index (χ1v) is 6.55. The van der Waals surface area contributed by atoms with E-state index in [0.717, 1.165) is 18.7 Å². The van der Waals surface area contributed by atoms with Gasteiger partial charge in [-0.1, -0.05) is 30.3 Å². The summed E-state index contributed by atoms with van der Waals surface area (Å²) < 4.78 is 6.99. The summed E-state index contributed by atoms with van der Waals surface area (Å²) in [5.74, 6) is 0.662. The number of rotatable bonds is 4. The maximum atomic E-state index is 11.8. The van der Waals surface area contributed by atoms with Gasteiger partial charge in [0, 0.05) is 19.2 Å². The molecule has 1 fully saturated rings. The number of nitrogens with one attached hydrogen (secondary N) is 2. The fraction of sp³-hybridized carbons (Fsp3) is 0.286. The lowest BCUT2D eigenvalue weighted by molar-refractivity contribution is 0.154. The van der Waals surface area contributed by atoms with Crippen LogP contribution in [0.2, 0.25) is 0 Å². The van der Waals surface area contributed by atoms with Crippen LogP contribution in [0.5, 0.6) is 0 Å². The largest absolute Gasteiger partial charge is 0.444 e. The highest BCUT2D eigenvalue weighted by Crippen LogP contribution is 2.17. The van der Waals surface area contributed by atoms with Crippen LogP contribution in [0.1, 0.15) is 11.6 Å². The Labute approximate surface area is 116 Å². The fourth-order valence-corrected chi connectivity index (χ4v) is 2.01. The first-order valence-electron chi connectivity index (χ1n) is 6.55. The molecule has 2 heterocycles. The van der Waals surface area contributed by atoms with Gasteiger partial charge < -0.3 is 10.1 Å². The monoisotopic (exact) mass is 272 g/mol. The number of carbonyl (C=O) groups is 1. The van der Waals surface area contributed by atoms with Crippen molar-refractivity contribution in [2.45, 2.75) is 12.6 Å². The first-order chi connectivity index (χ1) is 9.83. The lowest BCUT2D eigenvalue weighted by atomic mass is 10.2. The Morgan fingerprint density at radius 2 is 2.15 bits per heavy atom. The molecule has 104 valence electrons. The second-order valence-corrected chi connectivity index (χ2v) is 4.66. The molecule has 0 bridgehead atoms. The van der Waals surface area contributed by atoms with Gasteiger partial charge in [0.25, 0.3) is 0 Å². The average molecular weight is 272 g/mol. The number of amides is 1. The zero-order chi connectivity index (χ0) is 13.8. The van der Waals surface area contributed by atoms with Crippen molar-refractivity contribution in [3.8, 4) is 0 Å². The molecular weight excluding hydrogens is 256 g/mol. The third-order valence-corrected chi connectivity index (χ3v) is 3.22. The second kappa shape index (κ2) is 5.75. The van der Waals surface area contributed by atoms with Crippen molar-refractivity contribution < 1.29 is 9.53 Å². The van der Waals surface area contributed by atoms with E-state index in [-0.39, 0.29) is 6.61 Å². The predicted octanol–water partition coefficient (Wildman–Crippen LogP) is 1.78. The van der Waals surface area contributed by atoms with E-state index in [1.165, 1.54) is 0 Å². The Bertz CT molecular complexity index is 578. The number of ether oxygens (including phenoxy) is 1. The number of anilines is 1. The lowest BCUT2D eigenvalue weighted by Crippen LogP contribution is -2.44. The van der Waals surface area contributed by atoms with Gasteiger partial charge in [-0.3, -0.25) is 5.32 Å². The molecule has 20 heavy (non-hydrogen) atoms. The number of hydrogen-bond acceptors (Lipinski definition) is 4. The molecular formula is C14H16N4O2. The number of carbonyl (C=O) groups excluding carboxylic acids is 1. The molecule has 0 aliphatic carbocycles. The van der Waals surface area contributed by atoms with Crippen LogP contribution >= 0.6 is 0 Å². The molecule has 0 unspecified atom stereocenters. The Morgan fingerprint density at radius 3 is 2.85 bits per heavy atom. The van der Waals surface area contributed by atoms with Gasteiger partial charge in [0.1, 0.15) is 12.4 Å². The summed E-state index contributed by atoms with van der Waals surface area (Å²) in [6.45, 7) is 2.00. The standard InChI is InChI=1S/C14H16N4O2/c19-14(20-10-11-4-2-1-3-5-11)17-13-6-7-16-18(13)12-8-15-9-12/h1-7,12,15H,8-10H2,(H,17,19). The van der Waals surface area contributed by atoms with Gasteiger partial charge in [0.05, 0.1) is 12.2 Å². The Morgan fingerprint density at radius 1 is 1.35 bits per heavy atom.